The molecule has 6 heteroatoms. The number of aliphatic hydroxyl groups excluding tert-OH is 1. The van der Waals surface area contributed by atoms with Crippen molar-refractivity contribution in [3.05, 3.63) is 39.4 Å². The highest BCUT2D eigenvalue weighted by atomic mass is 79.9. The van der Waals surface area contributed by atoms with Crippen LogP contribution in [0.25, 0.3) is 0 Å². The largest absolute Gasteiger partial charge is 0.507 e. The van der Waals surface area contributed by atoms with Gasteiger partial charge >= 0.3 is 0 Å². The number of allylic oxidation sites excluding steroid dienone is 1. The first kappa shape index (κ1) is 25.1. The number of carbonyl (C=O) groups excluding carboxylic acids is 1. The Morgan fingerprint density at radius 2 is 1.61 bits per heavy atom. The van der Waals surface area contributed by atoms with E-state index in [0.717, 1.165) is 27.6 Å². The van der Waals surface area contributed by atoms with Gasteiger partial charge in [0, 0.05) is 40.3 Å². The topological polar surface area (TPSA) is 60.8 Å². The third-order valence-electron chi connectivity index (χ3n) is 4.99. The number of phenols is 1. The number of nitrogens with zero attached hydrogens (tertiary/aromatic N) is 1. The van der Waals surface area contributed by atoms with E-state index in [9.17, 15) is 15.0 Å². The lowest BCUT2D eigenvalue weighted by molar-refractivity contribution is 0.0958. The molecule has 0 unspecified atom stereocenters. The van der Waals surface area contributed by atoms with Gasteiger partial charge in [0.1, 0.15) is 5.75 Å². The van der Waals surface area contributed by atoms with Crippen LogP contribution in [0.1, 0.15) is 76.4 Å². The molecule has 0 atom stereocenters. The average Bonchev–Trinajstić information content (AvgIpc) is 2.86. The zero-order chi connectivity index (χ0) is 20.6. The zero-order valence-electron chi connectivity index (χ0n) is 18.0. The number of hydrogen-bond acceptors (Lipinski definition) is 5. The molecule has 28 heavy (non-hydrogen) atoms. The monoisotopic (exact) mass is 471 g/mol. The fraction of sp³-hybridized carbons (Fsp3) is 0.591. The molecular weight excluding hydrogens is 438 g/mol. The quantitative estimate of drug-likeness (QED) is 0.565. The van der Waals surface area contributed by atoms with Crippen LogP contribution in [0.15, 0.2) is 22.7 Å². The standard InChI is InChI=1S/C22H33NO3S.BrH/c1-14-19(8-9-24)27-13-23(14)12-18(25)15-10-16(21(2,3)4)20(26)17(11-15)22(5,6)7;/h10-11,24,26H,8-9,12-13H2,1-7H3;1H. The molecule has 0 aliphatic carbocycles. The smallest absolute Gasteiger partial charge is 0.182 e. The number of ketones is 1. The number of phenolic OH excluding ortho intramolecular Hbond substituents is 1. The molecule has 0 saturated carbocycles. The van der Waals surface area contributed by atoms with Crippen LogP contribution in [0.4, 0.5) is 0 Å². The van der Waals surface area contributed by atoms with Gasteiger partial charge in [-0.1, -0.05) is 41.5 Å². The molecule has 1 aromatic carbocycles. The third kappa shape index (κ3) is 5.55. The maximum absolute atomic E-state index is 13.1. The van der Waals surface area contributed by atoms with Gasteiger partial charge in [0.25, 0.3) is 0 Å². The Labute approximate surface area is 184 Å². The molecule has 1 aromatic rings. The number of hydrogen-bond donors (Lipinski definition) is 2. The van der Waals surface area contributed by atoms with Gasteiger partial charge in [-0.05, 0) is 29.9 Å². The molecule has 2 rings (SSSR count). The van der Waals surface area contributed by atoms with Gasteiger partial charge in [-0.15, -0.1) is 28.7 Å². The molecule has 0 amide bonds. The molecule has 1 aliphatic rings. The summed E-state index contributed by atoms with van der Waals surface area (Å²) < 4.78 is 0. The normalized spacial score (nSPS) is 15.1. The van der Waals surface area contributed by atoms with Crippen LogP contribution < -0.4 is 0 Å². The fourth-order valence-corrected chi connectivity index (χ4v) is 4.43. The van der Waals surface area contributed by atoms with Crippen molar-refractivity contribution >= 4 is 34.5 Å². The lowest BCUT2D eigenvalue weighted by Gasteiger charge is -2.28. The van der Waals surface area contributed by atoms with E-state index in [0.29, 0.717) is 24.3 Å². The van der Waals surface area contributed by atoms with Gasteiger partial charge in [-0.3, -0.25) is 4.79 Å². The Kier molecular flexibility index (Phi) is 8.26. The highest BCUT2D eigenvalue weighted by Gasteiger charge is 2.29. The SMILES string of the molecule is Br.CC1=C(CCO)SCN1CC(=O)c1cc(C(C)(C)C)c(O)c(C(C)(C)C)c1. The molecule has 158 valence electrons. The summed E-state index contributed by atoms with van der Waals surface area (Å²) in [6.07, 6.45) is 0.642. The molecule has 1 heterocycles. The van der Waals surface area contributed by atoms with E-state index in [1.165, 1.54) is 0 Å². The number of benzene rings is 1. The van der Waals surface area contributed by atoms with Gasteiger partial charge in [0.05, 0.1) is 12.4 Å². The van der Waals surface area contributed by atoms with Crippen molar-refractivity contribution in [2.24, 2.45) is 0 Å². The fourth-order valence-electron chi connectivity index (χ4n) is 3.26. The maximum atomic E-state index is 13.1. The van der Waals surface area contributed by atoms with Gasteiger partial charge in [0.15, 0.2) is 5.78 Å². The van der Waals surface area contributed by atoms with Crippen molar-refractivity contribution in [2.45, 2.75) is 65.7 Å². The first-order valence-electron chi connectivity index (χ1n) is 9.45. The lowest BCUT2D eigenvalue weighted by atomic mass is 9.78. The zero-order valence-corrected chi connectivity index (χ0v) is 20.6. The Hall–Kier alpha value is -0.980. The van der Waals surface area contributed by atoms with Crippen LogP contribution in [0.5, 0.6) is 5.75 Å². The summed E-state index contributed by atoms with van der Waals surface area (Å²) in [5, 5.41) is 20.0. The molecule has 0 saturated heterocycles. The number of Topliss-reactive ketones (excluding diaryl/α,β-unsaturated/α-hetero) is 1. The van der Waals surface area contributed by atoms with E-state index < -0.39 is 0 Å². The number of rotatable bonds is 5. The van der Waals surface area contributed by atoms with Crippen molar-refractivity contribution in [1.29, 1.82) is 0 Å². The summed E-state index contributed by atoms with van der Waals surface area (Å²) in [7, 11) is 0. The first-order chi connectivity index (χ1) is 12.4. The number of carbonyl (C=O) groups is 1. The third-order valence-corrected chi connectivity index (χ3v) is 6.28. The van der Waals surface area contributed by atoms with Crippen LogP contribution in [0.3, 0.4) is 0 Å². The van der Waals surface area contributed by atoms with E-state index in [1.54, 1.807) is 11.8 Å². The second-order valence-corrected chi connectivity index (χ2v) is 10.3. The highest BCUT2D eigenvalue weighted by Crippen LogP contribution is 2.40. The van der Waals surface area contributed by atoms with Crippen LogP contribution in [-0.2, 0) is 10.8 Å². The lowest BCUT2D eigenvalue weighted by Crippen LogP contribution is -2.27. The van der Waals surface area contributed by atoms with Gasteiger partial charge in [-0.25, -0.2) is 0 Å². The van der Waals surface area contributed by atoms with Crippen molar-refractivity contribution in [1.82, 2.24) is 4.90 Å². The van der Waals surface area contributed by atoms with E-state index in [1.807, 2.05) is 60.6 Å². The van der Waals surface area contributed by atoms with E-state index in [-0.39, 0.29) is 40.2 Å². The Balaban J connectivity index is 0.00000392. The second kappa shape index (κ2) is 9.23. The van der Waals surface area contributed by atoms with E-state index in [2.05, 4.69) is 4.90 Å². The van der Waals surface area contributed by atoms with Crippen LogP contribution >= 0.6 is 28.7 Å². The molecule has 1 aliphatic heterocycles. The number of thioether (sulfide) groups is 1. The molecule has 0 aromatic heterocycles. The molecule has 0 spiro atoms. The Morgan fingerprint density at radius 1 is 1.11 bits per heavy atom. The molecule has 2 N–H and O–H groups in total. The predicted octanol–water partition coefficient (Wildman–Crippen LogP) is 5.37. The minimum absolute atomic E-state index is 0. The summed E-state index contributed by atoms with van der Waals surface area (Å²) in [4.78, 5) is 16.3. The summed E-state index contributed by atoms with van der Waals surface area (Å²) in [6.45, 7) is 14.7. The summed E-state index contributed by atoms with van der Waals surface area (Å²) in [6, 6.07) is 3.70. The van der Waals surface area contributed by atoms with Crippen molar-refractivity contribution in [3.8, 4) is 5.75 Å². The Morgan fingerprint density at radius 3 is 2.04 bits per heavy atom. The summed E-state index contributed by atoms with van der Waals surface area (Å²) >= 11 is 1.69. The van der Waals surface area contributed by atoms with E-state index in [4.69, 9.17) is 0 Å². The first-order valence-corrected chi connectivity index (χ1v) is 10.4. The van der Waals surface area contributed by atoms with Gasteiger partial charge < -0.3 is 15.1 Å². The molecule has 0 fully saturated rings. The van der Waals surface area contributed by atoms with Crippen molar-refractivity contribution in [2.75, 3.05) is 19.0 Å². The number of aromatic hydroxyl groups is 1. The maximum Gasteiger partial charge on any atom is 0.182 e. The average molecular weight is 472 g/mol. The number of aliphatic hydroxyl groups is 1. The minimum atomic E-state index is -0.256. The minimum Gasteiger partial charge on any atom is -0.507 e. The van der Waals surface area contributed by atoms with Gasteiger partial charge in [-0.2, -0.15) is 0 Å². The Bertz CT molecular complexity index is 725. The highest BCUT2D eigenvalue weighted by molar-refractivity contribution is 8.93. The van der Waals surface area contributed by atoms with Crippen molar-refractivity contribution in [3.63, 3.8) is 0 Å². The second-order valence-electron chi connectivity index (χ2n) is 9.30. The van der Waals surface area contributed by atoms with Crippen LogP contribution in [0, 0.1) is 0 Å². The summed E-state index contributed by atoms with van der Waals surface area (Å²) in [5.74, 6) is 1.09. The van der Waals surface area contributed by atoms with Crippen molar-refractivity contribution < 1.29 is 15.0 Å². The van der Waals surface area contributed by atoms with E-state index >= 15 is 0 Å². The predicted molar refractivity (Wildman–Crippen MR) is 124 cm³/mol. The molecule has 0 bridgehead atoms. The van der Waals surface area contributed by atoms with Crippen LogP contribution in [-0.4, -0.2) is 39.9 Å². The molecule has 0 radical (unpaired) electrons. The summed E-state index contributed by atoms with van der Waals surface area (Å²) in [5.41, 5.74) is 2.83. The molecular formula is C22H34BrNO3S. The molecule has 4 nitrogen and oxygen atoms in total. The number of halogens is 1. The van der Waals surface area contributed by atoms with Gasteiger partial charge in [0.2, 0.25) is 0 Å². The van der Waals surface area contributed by atoms with Crippen LogP contribution in [0.2, 0.25) is 0 Å².